The Morgan fingerprint density at radius 3 is 2.76 bits per heavy atom. The lowest BCUT2D eigenvalue weighted by molar-refractivity contribution is -0.153. The summed E-state index contributed by atoms with van der Waals surface area (Å²) in [7, 11) is 0. The van der Waals surface area contributed by atoms with Gasteiger partial charge in [0.05, 0.1) is 6.04 Å². The first-order chi connectivity index (χ1) is 10.0. The van der Waals surface area contributed by atoms with E-state index in [1.54, 1.807) is 6.92 Å². The number of hydrogen-bond acceptors (Lipinski definition) is 2. The number of aromatic amines is 1. The first kappa shape index (κ1) is 13.7. The molecule has 21 heavy (non-hydrogen) atoms. The molecule has 0 bridgehead atoms. The average molecular weight is 286 g/mol. The smallest absolute Gasteiger partial charge is 0.326 e. The third-order valence-corrected chi connectivity index (χ3v) is 4.29. The third kappa shape index (κ3) is 2.00. The maximum atomic E-state index is 12.2. The van der Waals surface area contributed by atoms with Crippen LogP contribution in [-0.2, 0) is 16.0 Å². The second-order valence-electron chi connectivity index (χ2n) is 5.45. The van der Waals surface area contributed by atoms with Crippen LogP contribution >= 0.6 is 0 Å². The van der Waals surface area contributed by atoms with Gasteiger partial charge in [0, 0.05) is 29.4 Å². The standard InChI is InChI=1S/C16H18N2O3/c1-3-14(19)18-9(2)15-11(8-13(18)16(20)21)10-6-4-5-7-12(10)17-15/h4-7,9,13,17H,3,8H2,1-2H3,(H,20,21)/t9-,13+/m1/s1. The highest BCUT2D eigenvalue weighted by molar-refractivity contribution is 5.89. The molecule has 0 unspecified atom stereocenters. The van der Waals surface area contributed by atoms with Gasteiger partial charge in [-0.15, -0.1) is 0 Å². The zero-order valence-corrected chi connectivity index (χ0v) is 12.1. The van der Waals surface area contributed by atoms with Crippen LogP contribution in [0.15, 0.2) is 24.3 Å². The van der Waals surface area contributed by atoms with Crippen molar-refractivity contribution in [3.8, 4) is 0 Å². The number of hydrogen-bond donors (Lipinski definition) is 2. The van der Waals surface area contributed by atoms with E-state index in [1.807, 2.05) is 31.2 Å². The normalized spacial score (nSPS) is 21.3. The van der Waals surface area contributed by atoms with Crippen LogP contribution in [0.4, 0.5) is 0 Å². The first-order valence-corrected chi connectivity index (χ1v) is 7.18. The number of aliphatic carboxylic acids is 1. The molecule has 5 heteroatoms. The summed E-state index contributed by atoms with van der Waals surface area (Å²) in [5, 5.41) is 10.6. The summed E-state index contributed by atoms with van der Waals surface area (Å²) in [4.78, 5) is 28.6. The van der Waals surface area contributed by atoms with Crippen molar-refractivity contribution in [1.29, 1.82) is 0 Å². The van der Waals surface area contributed by atoms with E-state index in [2.05, 4.69) is 4.98 Å². The fourth-order valence-electron chi connectivity index (χ4n) is 3.28. The van der Waals surface area contributed by atoms with Crippen molar-refractivity contribution < 1.29 is 14.7 Å². The van der Waals surface area contributed by atoms with Gasteiger partial charge >= 0.3 is 5.97 Å². The van der Waals surface area contributed by atoms with E-state index >= 15 is 0 Å². The van der Waals surface area contributed by atoms with Crippen molar-refractivity contribution in [3.63, 3.8) is 0 Å². The molecule has 1 aliphatic rings. The number of carbonyl (C=O) groups is 2. The van der Waals surface area contributed by atoms with Crippen molar-refractivity contribution in [2.24, 2.45) is 0 Å². The van der Waals surface area contributed by atoms with Gasteiger partial charge in [-0.1, -0.05) is 25.1 Å². The molecule has 0 aliphatic carbocycles. The molecule has 0 fully saturated rings. The Kier molecular flexibility index (Phi) is 3.20. The van der Waals surface area contributed by atoms with Crippen LogP contribution < -0.4 is 0 Å². The van der Waals surface area contributed by atoms with Crippen LogP contribution in [-0.4, -0.2) is 32.9 Å². The van der Waals surface area contributed by atoms with Gasteiger partial charge in [-0.05, 0) is 18.6 Å². The van der Waals surface area contributed by atoms with E-state index in [1.165, 1.54) is 4.90 Å². The number of rotatable bonds is 2. The molecule has 0 spiro atoms. The number of para-hydroxylation sites is 1. The Bertz CT molecular complexity index is 719. The third-order valence-electron chi connectivity index (χ3n) is 4.29. The molecule has 2 N–H and O–H groups in total. The molecule has 2 atom stereocenters. The van der Waals surface area contributed by atoms with E-state index in [9.17, 15) is 14.7 Å². The van der Waals surface area contributed by atoms with Gasteiger partial charge < -0.3 is 15.0 Å². The van der Waals surface area contributed by atoms with Crippen molar-refractivity contribution >= 4 is 22.8 Å². The van der Waals surface area contributed by atoms with Crippen LogP contribution in [0.2, 0.25) is 0 Å². The SMILES string of the molecule is CCC(=O)N1[C@H](C)c2[nH]c3ccccc3c2C[C@H]1C(=O)O. The van der Waals surface area contributed by atoms with Gasteiger partial charge in [0.1, 0.15) is 6.04 Å². The van der Waals surface area contributed by atoms with Gasteiger partial charge in [0.25, 0.3) is 0 Å². The van der Waals surface area contributed by atoms with E-state index in [4.69, 9.17) is 0 Å². The second-order valence-corrected chi connectivity index (χ2v) is 5.45. The second kappa shape index (κ2) is 4.91. The van der Waals surface area contributed by atoms with Crippen LogP contribution in [0.25, 0.3) is 10.9 Å². The summed E-state index contributed by atoms with van der Waals surface area (Å²) in [6, 6.07) is 6.81. The predicted molar refractivity (Wildman–Crippen MR) is 79.0 cm³/mol. The molecule has 2 aromatic rings. The molecule has 1 aliphatic heterocycles. The molecule has 1 amide bonds. The zero-order valence-electron chi connectivity index (χ0n) is 12.1. The highest BCUT2D eigenvalue weighted by Crippen LogP contribution is 2.37. The summed E-state index contributed by atoms with van der Waals surface area (Å²) in [5.74, 6) is -1.07. The van der Waals surface area contributed by atoms with E-state index in [0.717, 1.165) is 22.2 Å². The number of amides is 1. The number of benzene rings is 1. The highest BCUT2D eigenvalue weighted by atomic mass is 16.4. The summed E-state index contributed by atoms with van der Waals surface area (Å²) in [5.41, 5.74) is 2.96. The minimum absolute atomic E-state index is 0.126. The summed E-state index contributed by atoms with van der Waals surface area (Å²) in [6.07, 6.45) is 0.661. The molecule has 0 radical (unpaired) electrons. The zero-order chi connectivity index (χ0) is 15.1. The van der Waals surface area contributed by atoms with Crippen LogP contribution in [0.5, 0.6) is 0 Å². The number of aromatic nitrogens is 1. The lowest BCUT2D eigenvalue weighted by Crippen LogP contribution is -2.50. The minimum atomic E-state index is -0.945. The number of H-pyrrole nitrogens is 1. The Balaban J connectivity index is 2.16. The first-order valence-electron chi connectivity index (χ1n) is 7.18. The van der Waals surface area contributed by atoms with Crippen LogP contribution in [0, 0.1) is 0 Å². The number of carboxylic acid groups (broad SMARTS) is 1. The average Bonchev–Trinajstić information content (AvgIpc) is 2.85. The molecular formula is C16H18N2O3. The molecule has 3 rings (SSSR count). The van der Waals surface area contributed by atoms with E-state index in [-0.39, 0.29) is 11.9 Å². The Labute approximate surface area is 122 Å². The fraction of sp³-hybridized carbons (Fsp3) is 0.375. The molecule has 2 heterocycles. The van der Waals surface area contributed by atoms with Crippen molar-refractivity contribution in [3.05, 3.63) is 35.5 Å². The maximum absolute atomic E-state index is 12.2. The molecular weight excluding hydrogens is 268 g/mol. The summed E-state index contributed by atoms with van der Waals surface area (Å²) >= 11 is 0. The fourth-order valence-corrected chi connectivity index (χ4v) is 3.28. The largest absolute Gasteiger partial charge is 0.480 e. The van der Waals surface area contributed by atoms with Crippen molar-refractivity contribution in [2.45, 2.75) is 38.8 Å². The van der Waals surface area contributed by atoms with Gasteiger partial charge in [-0.3, -0.25) is 4.79 Å². The lowest BCUT2D eigenvalue weighted by Gasteiger charge is -2.38. The summed E-state index contributed by atoms with van der Waals surface area (Å²) in [6.45, 7) is 3.64. The number of nitrogens with one attached hydrogen (secondary N) is 1. The van der Waals surface area contributed by atoms with Gasteiger partial charge in [-0.25, -0.2) is 4.79 Å². The van der Waals surface area contributed by atoms with Crippen LogP contribution in [0.1, 0.15) is 37.6 Å². The van der Waals surface area contributed by atoms with Gasteiger partial charge in [0.2, 0.25) is 5.91 Å². The molecule has 0 saturated carbocycles. The van der Waals surface area contributed by atoms with E-state index in [0.29, 0.717) is 12.8 Å². The van der Waals surface area contributed by atoms with Crippen LogP contribution in [0.3, 0.4) is 0 Å². The minimum Gasteiger partial charge on any atom is -0.480 e. The van der Waals surface area contributed by atoms with Gasteiger partial charge in [0.15, 0.2) is 0 Å². The molecule has 1 aromatic carbocycles. The van der Waals surface area contributed by atoms with Crippen molar-refractivity contribution in [2.75, 3.05) is 0 Å². The molecule has 0 saturated heterocycles. The Morgan fingerprint density at radius 2 is 2.10 bits per heavy atom. The Morgan fingerprint density at radius 1 is 1.38 bits per heavy atom. The topological polar surface area (TPSA) is 73.4 Å². The number of nitrogens with zero attached hydrogens (tertiary/aromatic N) is 1. The van der Waals surface area contributed by atoms with Crippen molar-refractivity contribution in [1.82, 2.24) is 9.88 Å². The predicted octanol–water partition coefficient (Wildman–Crippen LogP) is 2.48. The highest BCUT2D eigenvalue weighted by Gasteiger charge is 2.40. The number of fused-ring (bicyclic) bond motifs is 3. The monoisotopic (exact) mass is 286 g/mol. The van der Waals surface area contributed by atoms with E-state index < -0.39 is 12.0 Å². The quantitative estimate of drug-likeness (QED) is 0.890. The Hall–Kier alpha value is -2.30. The molecule has 1 aromatic heterocycles. The maximum Gasteiger partial charge on any atom is 0.326 e. The molecule has 110 valence electrons. The molecule has 5 nitrogen and oxygen atoms in total. The lowest BCUT2D eigenvalue weighted by atomic mass is 9.92. The summed E-state index contributed by atoms with van der Waals surface area (Å²) < 4.78 is 0. The number of carbonyl (C=O) groups excluding carboxylic acids is 1. The number of carboxylic acids is 1. The van der Waals surface area contributed by atoms with Gasteiger partial charge in [-0.2, -0.15) is 0 Å².